The maximum atomic E-state index is 13.3. The van der Waals surface area contributed by atoms with E-state index in [0.29, 0.717) is 17.2 Å². The summed E-state index contributed by atoms with van der Waals surface area (Å²) in [5.74, 6) is 0.215. The van der Waals surface area contributed by atoms with Crippen molar-refractivity contribution >= 4 is 11.6 Å². The highest BCUT2D eigenvalue weighted by molar-refractivity contribution is 6.30. The van der Waals surface area contributed by atoms with Gasteiger partial charge < -0.3 is 10.5 Å². The zero-order valence-electron chi connectivity index (χ0n) is 11.1. The zero-order valence-corrected chi connectivity index (χ0v) is 11.8. The van der Waals surface area contributed by atoms with Crippen molar-refractivity contribution in [2.75, 3.05) is 0 Å². The maximum Gasteiger partial charge on any atom is 0.127 e. The first-order valence-corrected chi connectivity index (χ1v) is 6.90. The van der Waals surface area contributed by atoms with E-state index in [1.165, 1.54) is 12.1 Å². The van der Waals surface area contributed by atoms with Crippen LogP contribution in [0.25, 0.3) is 0 Å². The van der Waals surface area contributed by atoms with Crippen LogP contribution in [0.2, 0.25) is 5.02 Å². The second-order valence-electron chi connectivity index (χ2n) is 5.13. The predicted octanol–water partition coefficient (Wildman–Crippen LogP) is 4.31. The Morgan fingerprint density at radius 1 is 1.20 bits per heavy atom. The lowest BCUT2D eigenvalue weighted by atomic mass is 9.92. The van der Waals surface area contributed by atoms with Crippen molar-refractivity contribution < 1.29 is 9.13 Å². The molecule has 2 N–H and O–H groups in total. The Bertz CT molecular complexity index is 659. The molecule has 2 atom stereocenters. The van der Waals surface area contributed by atoms with Gasteiger partial charge in [0.25, 0.3) is 0 Å². The van der Waals surface area contributed by atoms with Gasteiger partial charge in [-0.15, -0.1) is 0 Å². The van der Waals surface area contributed by atoms with Crippen molar-refractivity contribution in [2.24, 2.45) is 5.73 Å². The zero-order chi connectivity index (χ0) is 14.3. The minimum Gasteiger partial charge on any atom is -0.485 e. The normalized spacial score (nSPS) is 21.2. The van der Waals surface area contributed by atoms with Crippen molar-refractivity contribution in [3.63, 3.8) is 0 Å². The maximum absolute atomic E-state index is 13.3. The van der Waals surface area contributed by atoms with E-state index in [4.69, 9.17) is 22.1 Å². The number of hydrogen-bond donors (Lipinski definition) is 1. The highest BCUT2D eigenvalue weighted by atomic mass is 35.5. The van der Waals surface area contributed by atoms with Gasteiger partial charge in [-0.3, -0.25) is 0 Å². The molecule has 2 unspecified atom stereocenters. The molecule has 1 aliphatic rings. The molecule has 0 bridgehead atoms. The Hall–Kier alpha value is -1.58. The number of nitrogens with two attached hydrogens (primary N) is 1. The van der Waals surface area contributed by atoms with Gasteiger partial charge >= 0.3 is 0 Å². The predicted molar refractivity (Wildman–Crippen MR) is 77.5 cm³/mol. The Kier molecular flexibility index (Phi) is 3.40. The molecule has 2 aromatic carbocycles. The van der Waals surface area contributed by atoms with Crippen LogP contribution < -0.4 is 10.5 Å². The highest BCUT2D eigenvalue weighted by Crippen LogP contribution is 2.40. The van der Waals surface area contributed by atoms with Gasteiger partial charge in [-0.25, -0.2) is 4.39 Å². The van der Waals surface area contributed by atoms with Crippen LogP contribution >= 0.6 is 11.6 Å². The number of hydrogen-bond acceptors (Lipinski definition) is 2. The van der Waals surface area contributed by atoms with E-state index >= 15 is 0 Å². The molecule has 0 radical (unpaired) electrons. The average Bonchev–Trinajstić information content (AvgIpc) is 2.37. The molecule has 104 valence electrons. The molecule has 3 rings (SSSR count). The monoisotopic (exact) mass is 291 g/mol. The molecule has 0 fully saturated rings. The molecule has 2 nitrogen and oxygen atoms in total. The molecule has 0 saturated carbocycles. The summed E-state index contributed by atoms with van der Waals surface area (Å²) in [6, 6.07) is 10.0. The highest BCUT2D eigenvalue weighted by Gasteiger charge is 2.28. The molecular formula is C16H15ClFNO. The molecular weight excluding hydrogens is 277 g/mol. The van der Waals surface area contributed by atoms with Crippen LogP contribution in [0, 0.1) is 12.7 Å². The first-order valence-electron chi connectivity index (χ1n) is 6.52. The summed E-state index contributed by atoms with van der Waals surface area (Å²) in [5.41, 5.74) is 9.12. The number of benzene rings is 2. The third-order valence-corrected chi connectivity index (χ3v) is 3.93. The quantitative estimate of drug-likeness (QED) is 0.849. The fraction of sp³-hybridized carbons (Fsp3) is 0.250. The Morgan fingerprint density at radius 2 is 1.95 bits per heavy atom. The Balaban J connectivity index is 1.98. The lowest BCUT2D eigenvalue weighted by Crippen LogP contribution is -2.24. The largest absolute Gasteiger partial charge is 0.485 e. The van der Waals surface area contributed by atoms with E-state index in [9.17, 15) is 4.39 Å². The minimum absolute atomic E-state index is 0.153. The summed E-state index contributed by atoms with van der Waals surface area (Å²) >= 11 is 5.97. The van der Waals surface area contributed by atoms with Gasteiger partial charge in [0.2, 0.25) is 0 Å². The molecule has 4 heteroatoms. The molecule has 1 aliphatic heterocycles. The molecule has 1 heterocycles. The van der Waals surface area contributed by atoms with Gasteiger partial charge in [0.1, 0.15) is 17.7 Å². The topological polar surface area (TPSA) is 35.2 Å². The van der Waals surface area contributed by atoms with E-state index in [0.717, 1.165) is 16.7 Å². The lowest BCUT2D eigenvalue weighted by molar-refractivity contribution is 0.160. The fourth-order valence-corrected chi connectivity index (χ4v) is 2.89. The standard InChI is InChI=1S/C16H15ClFNO/c1-9-6-10(17)2-4-12(9)16-8-14(19)13-5-3-11(18)7-15(13)20-16/h2-7,14,16H,8,19H2,1H3. The lowest BCUT2D eigenvalue weighted by Gasteiger charge is -2.31. The van der Waals surface area contributed by atoms with E-state index in [1.807, 2.05) is 25.1 Å². The molecule has 0 aliphatic carbocycles. The number of aryl methyl sites for hydroxylation is 1. The van der Waals surface area contributed by atoms with Crippen LogP contribution in [-0.2, 0) is 0 Å². The van der Waals surface area contributed by atoms with Gasteiger partial charge in [0.05, 0.1) is 0 Å². The summed E-state index contributed by atoms with van der Waals surface area (Å²) < 4.78 is 19.3. The van der Waals surface area contributed by atoms with Crippen molar-refractivity contribution in [2.45, 2.75) is 25.5 Å². The fourth-order valence-electron chi connectivity index (χ4n) is 2.67. The number of fused-ring (bicyclic) bond motifs is 1. The van der Waals surface area contributed by atoms with Gasteiger partial charge in [-0.2, -0.15) is 0 Å². The summed E-state index contributed by atoms with van der Waals surface area (Å²) in [5, 5.41) is 0.692. The SMILES string of the molecule is Cc1cc(Cl)ccc1C1CC(N)c2ccc(F)cc2O1. The first-order chi connectivity index (χ1) is 9.54. The summed E-state index contributed by atoms with van der Waals surface area (Å²) in [6.07, 6.45) is 0.498. The number of rotatable bonds is 1. The van der Waals surface area contributed by atoms with E-state index in [1.54, 1.807) is 6.07 Å². The van der Waals surface area contributed by atoms with Crippen LogP contribution in [0.4, 0.5) is 4.39 Å². The Labute approximate surface area is 122 Å². The van der Waals surface area contributed by atoms with Gasteiger partial charge in [-0.05, 0) is 36.2 Å². The second-order valence-corrected chi connectivity index (χ2v) is 5.57. The Morgan fingerprint density at radius 3 is 2.70 bits per heavy atom. The minimum atomic E-state index is -0.315. The van der Waals surface area contributed by atoms with Gasteiger partial charge in [-0.1, -0.05) is 23.7 Å². The van der Waals surface area contributed by atoms with E-state index in [2.05, 4.69) is 0 Å². The van der Waals surface area contributed by atoms with Crippen LogP contribution in [0.15, 0.2) is 36.4 Å². The van der Waals surface area contributed by atoms with Gasteiger partial charge in [0, 0.05) is 29.1 Å². The van der Waals surface area contributed by atoms with Gasteiger partial charge in [0.15, 0.2) is 0 Å². The van der Waals surface area contributed by atoms with Crippen LogP contribution in [-0.4, -0.2) is 0 Å². The van der Waals surface area contributed by atoms with Crippen molar-refractivity contribution in [1.29, 1.82) is 0 Å². The van der Waals surface area contributed by atoms with Crippen molar-refractivity contribution in [3.05, 3.63) is 63.9 Å². The molecule has 0 saturated heterocycles. The summed E-state index contributed by atoms with van der Waals surface area (Å²) in [6.45, 7) is 1.98. The molecule has 2 aromatic rings. The molecule has 0 amide bonds. The summed E-state index contributed by atoms with van der Waals surface area (Å²) in [7, 11) is 0. The van der Waals surface area contributed by atoms with Crippen LogP contribution in [0.5, 0.6) is 5.75 Å². The third kappa shape index (κ3) is 2.39. The molecule has 0 spiro atoms. The molecule has 20 heavy (non-hydrogen) atoms. The van der Waals surface area contributed by atoms with Crippen molar-refractivity contribution in [3.8, 4) is 5.75 Å². The first kappa shape index (κ1) is 13.4. The van der Waals surface area contributed by atoms with Crippen LogP contribution in [0.1, 0.15) is 35.3 Å². The number of halogens is 2. The number of ether oxygens (including phenoxy) is 1. The van der Waals surface area contributed by atoms with Crippen molar-refractivity contribution in [1.82, 2.24) is 0 Å². The average molecular weight is 292 g/mol. The smallest absolute Gasteiger partial charge is 0.127 e. The van der Waals surface area contributed by atoms with E-state index in [-0.39, 0.29) is 18.0 Å². The van der Waals surface area contributed by atoms with E-state index < -0.39 is 0 Å². The third-order valence-electron chi connectivity index (χ3n) is 3.69. The van der Waals surface area contributed by atoms with Crippen LogP contribution in [0.3, 0.4) is 0 Å². The summed E-state index contributed by atoms with van der Waals surface area (Å²) in [4.78, 5) is 0. The molecule has 0 aromatic heterocycles. The second kappa shape index (κ2) is 5.08.